The van der Waals surface area contributed by atoms with Crippen LogP contribution in [0, 0.1) is 12.8 Å². The number of nitrogens with zero attached hydrogens (tertiary/aromatic N) is 3. The predicted octanol–water partition coefficient (Wildman–Crippen LogP) is 2.71. The maximum atomic E-state index is 4.80. The van der Waals surface area contributed by atoms with Crippen molar-refractivity contribution in [3.63, 3.8) is 0 Å². The van der Waals surface area contributed by atoms with Crippen LogP contribution in [0.2, 0.25) is 0 Å². The van der Waals surface area contributed by atoms with Crippen molar-refractivity contribution in [1.29, 1.82) is 0 Å². The molecule has 1 atom stereocenters. The van der Waals surface area contributed by atoms with Gasteiger partial charge in [0.05, 0.1) is 6.54 Å². The smallest absolute Gasteiger partial charge is 0.191 e. The fourth-order valence-electron chi connectivity index (χ4n) is 3.23. The zero-order valence-corrected chi connectivity index (χ0v) is 17.8. The van der Waals surface area contributed by atoms with Crippen LogP contribution in [0.5, 0.6) is 0 Å². The third-order valence-corrected chi connectivity index (χ3v) is 5.15. The molecule has 0 radical (unpaired) electrons. The summed E-state index contributed by atoms with van der Waals surface area (Å²) in [5.41, 5.74) is 2.54. The second-order valence-electron chi connectivity index (χ2n) is 8.02. The first-order chi connectivity index (χ1) is 13.1. The van der Waals surface area contributed by atoms with Gasteiger partial charge in [0, 0.05) is 45.8 Å². The van der Waals surface area contributed by atoms with Crippen LogP contribution in [-0.4, -0.2) is 68.6 Å². The molecule has 0 aromatic heterocycles. The van der Waals surface area contributed by atoms with E-state index in [1.54, 1.807) is 0 Å². The van der Waals surface area contributed by atoms with E-state index in [0.29, 0.717) is 12.5 Å². The van der Waals surface area contributed by atoms with Crippen molar-refractivity contribution >= 4 is 5.96 Å². The summed E-state index contributed by atoms with van der Waals surface area (Å²) in [5, 5.41) is 7.05. The molecule has 5 nitrogen and oxygen atoms in total. The molecule has 1 aliphatic heterocycles. The number of hydrogen-bond donors (Lipinski definition) is 2. The monoisotopic (exact) mass is 373 g/mol. The quantitative estimate of drug-likeness (QED) is 0.397. The van der Waals surface area contributed by atoms with Crippen LogP contribution in [0.25, 0.3) is 0 Å². The van der Waals surface area contributed by atoms with Crippen molar-refractivity contribution in [2.75, 3.05) is 52.9 Å². The maximum absolute atomic E-state index is 4.80. The topological polar surface area (TPSA) is 42.9 Å². The first-order valence-electron chi connectivity index (χ1n) is 10.6. The minimum atomic E-state index is 0.603. The highest BCUT2D eigenvalue weighted by Crippen LogP contribution is 2.05. The highest BCUT2D eigenvalue weighted by atomic mass is 15.2. The van der Waals surface area contributed by atoms with Gasteiger partial charge < -0.3 is 20.4 Å². The number of piperazine rings is 1. The fraction of sp³-hybridized carbons (Fsp3) is 0.682. The Morgan fingerprint density at radius 3 is 2.48 bits per heavy atom. The highest BCUT2D eigenvalue weighted by Gasteiger charge is 2.16. The van der Waals surface area contributed by atoms with Crippen molar-refractivity contribution in [2.24, 2.45) is 10.9 Å². The third kappa shape index (κ3) is 8.76. The van der Waals surface area contributed by atoms with Crippen LogP contribution in [0.15, 0.2) is 29.3 Å². The average Bonchev–Trinajstić information content (AvgIpc) is 2.67. The molecule has 0 saturated carbocycles. The van der Waals surface area contributed by atoms with Crippen LogP contribution < -0.4 is 10.6 Å². The second-order valence-corrected chi connectivity index (χ2v) is 8.02. The number of aliphatic imine (C=N–C) groups is 1. The lowest BCUT2D eigenvalue weighted by Gasteiger charge is -2.34. The standard InChI is InChI=1S/C22H39N5/c1-5-6-11-23-22(25-17-21-9-7-19(2)8-10-21)24-16-20(3)18-27-14-12-26(4)13-15-27/h7-10,20H,5-6,11-18H2,1-4H3,(H2,23,24,25). The summed E-state index contributed by atoms with van der Waals surface area (Å²) in [6.07, 6.45) is 2.36. The number of guanidine groups is 1. The molecule has 0 bridgehead atoms. The Morgan fingerprint density at radius 2 is 1.81 bits per heavy atom. The van der Waals surface area contributed by atoms with Gasteiger partial charge in [-0.3, -0.25) is 0 Å². The van der Waals surface area contributed by atoms with Crippen LogP contribution in [0.4, 0.5) is 0 Å². The van der Waals surface area contributed by atoms with Gasteiger partial charge in [0.25, 0.3) is 0 Å². The molecule has 5 heteroatoms. The van der Waals surface area contributed by atoms with Gasteiger partial charge in [0.2, 0.25) is 0 Å². The first-order valence-corrected chi connectivity index (χ1v) is 10.6. The van der Waals surface area contributed by atoms with Crippen molar-refractivity contribution < 1.29 is 0 Å². The van der Waals surface area contributed by atoms with E-state index in [2.05, 4.69) is 72.5 Å². The van der Waals surface area contributed by atoms with E-state index in [4.69, 9.17) is 4.99 Å². The van der Waals surface area contributed by atoms with Crippen LogP contribution in [0.3, 0.4) is 0 Å². The van der Waals surface area contributed by atoms with Gasteiger partial charge >= 0.3 is 0 Å². The maximum Gasteiger partial charge on any atom is 0.191 e. The van der Waals surface area contributed by atoms with Crippen molar-refractivity contribution in [2.45, 2.75) is 40.2 Å². The summed E-state index contributed by atoms with van der Waals surface area (Å²) < 4.78 is 0. The van der Waals surface area contributed by atoms with E-state index in [0.717, 1.165) is 25.6 Å². The Bertz CT molecular complexity index is 546. The number of aryl methyl sites for hydroxylation is 1. The van der Waals surface area contributed by atoms with Gasteiger partial charge in [-0.2, -0.15) is 0 Å². The van der Waals surface area contributed by atoms with E-state index < -0.39 is 0 Å². The third-order valence-electron chi connectivity index (χ3n) is 5.15. The molecule has 1 unspecified atom stereocenters. The molecule has 1 aliphatic rings. The molecule has 27 heavy (non-hydrogen) atoms. The molecule has 1 saturated heterocycles. The molecule has 1 heterocycles. The average molecular weight is 374 g/mol. The molecular weight excluding hydrogens is 334 g/mol. The molecular formula is C22H39N5. The van der Waals surface area contributed by atoms with Crippen LogP contribution in [-0.2, 0) is 6.54 Å². The Kier molecular flexibility index (Phi) is 9.64. The van der Waals surface area contributed by atoms with Crippen molar-refractivity contribution in [3.8, 4) is 0 Å². The van der Waals surface area contributed by atoms with Crippen LogP contribution in [0.1, 0.15) is 37.8 Å². The predicted molar refractivity (Wildman–Crippen MR) is 116 cm³/mol. The molecule has 1 aromatic carbocycles. The lowest BCUT2D eigenvalue weighted by Crippen LogP contribution is -2.47. The Balaban J connectivity index is 1.81. The fourth-order valence-corrected chi connectivity index (χ4v) is 3.23. The Hall–Kier alpha value is -1.59. The van der Waals surface area contributed by atoms with Crippen molar-refractivity contribution in [1.82, 2.24) is 20.4 Å². The van der Waals surface area contributed by atoms with Crippen molar-refractivity contribution in [3.05, 3.63) is 35.4 Å². The minimum Gasteiger partial charge on any atom is -0.356 e. The molecule has 1 fully saturated rings. The largest absolute Gasteiger partial charge is 0.356 e. The summed E-state index contributed by atoms with van der Waals surface area (Å²) in [6, 6.07) is 8.64. The molecule has 1 aromatic rings. The lowest BCUT2D eigenvalue weighted by atomic mass is 10.1. The van der Waals surface area contributed by atoms with E-state index in [9.17, 15) is 0 Å². The van der Waals surface area contributed by atoms with Crippen LogP contribution >= 0.6 is 0 Å². The summed E-state index contributed by atoms with van der Waals surface area (Å²) in [5.74, 6) is 1.54. The number of hydrogen-bond acceptors (Lipinski definition) is 3. The van der Waals surface area contributed by atoms with Gasteiger partial charge in [-0.15, -0.1) is 0 Å². The SMILES string of the molecule is CCCCNC(=NCc1ccc(C)cc1)NCC(C)CN1CCN(C)CC1. The van der Waals surface area contributed by atoms with E-state index in [-0.39, 0.29) is 0 Å². The normalized spacial score (nSPS) is 17.7. The summed E-state index contributed by atoms with van der Waals surface area (Å²) in [4.78, 5) is 9.79. The zero-order chi connectivity index (χ0) is 19.5. The Morgan fingerprint density at radius 1 is 1.11 bits per heavy atom. The summed E-state index contributed by atoms with van der Waals surface area (Å²) in [7, 11) is 2.21. The van der Waals surface area contributed by atoms with E-state index >= 15 is 0 Å². The number of rotatable bonds is 9. The van der Waals surface area contributed by atoms with Gasteiger partial charge in [0.15, 0.2) is 5.96 Å². The number of likely N-dealkylation sites (N-methyl/N-ethyl adjacent to an activating group) is 1. The van der Waals surface area contributed by atoms with E-state index in [1.165, 1.54) is 50.1 Å². The molecule has 152 valence electrons. The number of nitrogens with one attached hydrogen (secondary N) is 2. The number of benzene rings is 1. The zero-order valence-electron chi connectivity index (χ0n) is 17.8. The van der Waals surface area contributed by atoms with Gasteiger partial charge in [-0.25, -0.2) is 4.99 Å². The molecule has 2 N–H and O–H groups in total. The lowest BCUT2D eigenvalue weighted by molar-refractivity contribution is 0.139. The second kappa shape index (κ2) is 12.0. The van der Waals surface area contributed by atoms with Gasteiger partial charge in [-0.1, -0.05) is 50.1 Å². The van der Waals surface area contributed by atoms with E-state index in [1.807, 2.05) is 0 Å². The highest BCUT2D eigenvalue weighted by molar-refractivity contribution is 5.79. The minimum absolute atomic E-state index is 0.603. The molecule has 2 rings (SSSR count). The van der Waals surface area contributed by atoms with Gasteiger partial charge in [-0.05, 0) is 31.9 Å². The summed E-state index contributed by atoms with van der Waals surface area (Å²) >= 11 is 0. The number of unbranched alkanes of at least 4 members (excludes halogenated alkanes) is 1. The molecule has 0 amide bonds. The first kappa shape index (κ1) is 21.7. The molecule has 0 spiro atoms. The van der Waals surface area contributed by atoms with Gasteiger partial charge in [0.1, 0.15) is 0 Å². The summed E-state index contributed by atoms with van der Waals surface area (Å²) in [6.45, 7) is 15.2. The Labute approximate surface area is 166 Å². The molecule has 0 aliphatic carbocycles.